The number of rotatable bonds is 7. The molecule has 0 spiro atoms. The average molecular weight is 443 g/mol. The van der Waals surface area contributed by atoms with E-state index in [-0.39, 0.29) is 39.4 Å². The first-order chi connectivity index (χ1) is 13.0. The Hall–Kier alpha value is -1.60. The summed E-state index contributed by atoms with van der Waals surface area (Å²) in [6.07, 6.45) is 0. The number of hydrogen-bond donors (Lipinski definition) is 1. The van der Waals surface area contributed by atoms with Crippen LogP contribution in [0, 0.1) is 5.41 Å². The van der Waals surface area contributed by atoms with Gasteiger partial charge in [-0.2, -0.15) is 4.31 Å². The summed E-state index contributed by atoms with van der Waals surface area (Å²) in [5, 5.41) is 3.09. The van der Waals surface area contributed by atoms with Crippen molar-refractivity contribution < 1.29 is 13.2 Å². The van der Waals surface area contributed by atoms with Gasteiger partial charge in [0.2, 0.25) is 15.9 Å². The Morgan fingerprint density at radius 2 is 1.71 bits per heavy atom. The number of nitrogens with zero attached hydrogens (tertiary/aromatic N) is 1. The van der Waals surface area contributed by atoms with E-state index in [0.717, 1.165) is 9.87 Å². The van der Waals surface area contributed by atoms with Crippen LogP contribution in [0.5, 0.6) is 0 Å². The predicted octanol–water partition coefficient (Wildman–Crippen LogP) is 4.35. The molecule has 1 amide bonds. The van der Waals surface area contributed by atoms with Crippen molar-refractivity contribution in [2.45, 2.75) is 32.2 Å². The van der Waals surface area contributed by atoms with Gasteiger partial charge in [0, 0.05) is 18.1 Å². The fraction of sp³-hybridized carbons (Fsp3) is 0.350. The molecule has 0 aromatic heterocycles. The second-order valence-corrected chi connectivity index (χ2v) is 10.4. The highest BCUT2D eigenvalue weighted by Gasteiger charge is 2.29. The number of amides is 1. The Labute approximate surface area is 176 Å². The van der Waals surface area contributed by atoms with Gasteiger partial charge in [-0.25, -0.2) is 8.42 Å². The van der Waals surface area contributed by atoms with E-state index in [4.69, 9.17) is 23.2 Å². The van der Waals surface area contributed by atoms with Crippen molar-refractivity contribution in [3.8, 4) is 0 Å². The van der Waals surface area contributed by atoms with Crippen LogP contribution in [0.25, 0.3) is 0 Å². The zero-order chi connectivity index (χ0) is 20.9. The molecular weight excluding hydrogens is 419 g/mol. The van der Waals surface area contributed by atoms with Gasteiger partial charge in [0.25, 0.3) is 0 Å². The first-order valence-electron chi connectivity index (χ1n) is 8.75. The number of sulfonamides is 1. The van der Waals surface area contributed by atoms with Crippen LogP contribution in [0.15, 0.2) is 53.4 Å². The summed E-state index contributed by atoms with van der Waals surface area (Å²) in [5.74, 6) is -0.382. The van der Waals surface area contributed by atoms with Crippen molar-refractivity contribution in [2.75, 3.05) is 13.1 Å². The van der Waals surface area contributed by atoms with Crippen molar-refractivity contribution >= 4 is 39.1 Å². The molecule has 0 unspecified atom stereocenters. The number of carbonyl (C=O) groups is 1. The maximum Gasteiger partial charge on any atom is 0.245 e. The minimum atomic E-state index is -4.05. The highest BCUT2D eigenvalue weighted by Crippen LogP contribution is 2.28. The third-order valence-corrected chi connectivity index (χ3v) is 6.36. The van der Waals surface area contributed by atoms with Gasteiger partial charge in [0.05, 0.1) is 11.6 Å². The summed E-state index contributed by atoms with van der Waals surface area (Å²) in [6.45, 7) is 6.10. The minimum absolute atomic E-state index is 0.0367. The molecule has 2 rings (SSSR count). The molecule has 0 aliphatic rings. The van der Waals surface area contributed by atoms with Gasteiger partial charge in [-0.05, 0) is 29.2 Å². The van der Waals surface area contributed by atoms with Crippen molar-refractivity contribution in [1.29, 1.82) is 0 Å². The van der Waals surface area contributed by atoms with E-state index in [1.165, 1.54) is 18.2 Å². The van der Waals surface area contributed by atoms with Crippen molar-refractivity contribution in [3.05, 3.63) is 64.1 Å². The highest BCUT2D eigenvalue weighted by atomic mass is 35.5. The van der Waals surface area contributed by atoms with E-state index in [0.29, 0.717) is 6.54 Å². The van der Waals surface area contributed by atoms with Gasteiger partial charge in [-0.3, -0.25) is 4.79 Å². The topological polar surface area (TPSA) is 66.5 Å². The number of carbonyl (C=O) groups excluding carboxylic acids is 1. The Kier molecular flexibility index (Phi) is 7.51. The molecule has 0 bridgehead atoms. The van der Waals surface area contributed by atoms with Crippen LogP contribution >= 0.6 is 23.2 Å². The molecule has 0 aliphatic carbocycles. The average Bonchev–Trinajstić information content (AvgIpc) is 2.61. The smallest absolute Gasteiger partial charge is 0.245 e. The lowest BCUT2D eigenvalue weighted by atomic mass is 9.97. The molecular formula is C20H24Cl2N2O3S. The fourth-order valence-electron chi connectivity index (χ4n) is 2.41. The Balaban J connectivity index is 2.34. The lowest BCUT2D eigenvalue weighted by molar-refractivity contribution is -0.121. The summed E-state index contributed by atoms with van der Waals surface area (Å²) in [5.41, 5.74) is 0.641. The predicted molar refractivity (Wildman–Crippen MR) is 113 cm³/mol. The van der Waals surface area contributed by atoms with E-state index >= 15 is 0 Å². The summed E-state index contributed by atoms with van der Waals surface area (Å²) in [7, 11) is -4.05. The third kappa shape index (κ3) is 6.48. The molecule has 152 valence electrons. The maximum absolute atomic E-state index is 13.2. The SMILES string of the molecule is CC(C)(C)CNC(=O)CN(Cc1ccccc1)S(=O)(=O)c1cc(Cl)ccc1Cl. The first-order valence-corrected chi connectivity index (χ1v) is 10.9. The number of benzene rings is 2. The number of nitrogens with one attached hydrogen (secondary N) is 1. The molecule has 0 saturated carbocycles. The standard InChI is InChI=1S/C20H24Cl2N2O3S/c1-20(2,3)14-23-19(25)13-24(12-15-7-5-4-6-8-15)28(26,27)18-11-16(21)9-10-17(18)22/h4-11H,12-14H2,1-3H3,(H,23,25). The summed E-state index contributed by atoms with van der Waals surface area (Å²) in [6, 6.07) is 13.3. The van der Waals surface area contributed by atoms with Gasteiger partial charge in [-0.15, -0.1) is 0 Å². The monoisotopic (exact) mass is 442 g/mol. The van der Waals surface area contributed by atoms with Gasteiger partial charge in [0.15, 0.2) is 0 Å². The molecule has 28 heavy (non-hydrogen) atoms. The number of halogens is 2. The summed E-state index contributed by atoms with van der Waals surface area (Å²) >= 11 is 12.1. The molecule has 8 heteroatoms. The van der Waals surface area contributed by atoms with Crippen LogP contribution in [0.2, 0.25) is 10.0 Å². The van der Waals surface area contributed by atoms with Crippen LogP contribution < -0.4 is 5.32 Å². The van der Waals surface area contributed by atoms with Crippen molar-refractivity contribution in [3.63, 3.8) is 0 Å². The van der Waals surface area contributed by atoms with Gasteiger partial charge in [0.1, 0.15) is 4.90 Å². The third-order valence-electron chi connectivity index (χ3n) is 3.85. The van der Waals surface area contributed by atoms with E-state index in [2.05, 4.69) is 5.32 Å². The molecule has 2 aromatic carbocycles. The minimum Gasteiger partial charge on any atom is -0.354 e. The van der Waals surface area contributed by atoms with Crippen LogP contribution in [0.4, 0.5) is 0 Å². The zero-order valence-corrected chi connectivity index (χ0v) is 18.4. The van der Waals surface area contributed by atoms with Crippen LogP contribution in [-0.4, -0.2) is 31.7 Å². The van der Waals surface area contributed by atoms with Gasteiger partial charge < -0.3 is 5.32 Å². The molecule has 5 nitrogen and oxygen atoms in total. The van der Waals surface area contributed by atoms with E-state index in [1.807, 2.05) is 39.0 Å². The van der Waals surface area contributed by atoms with Gasteiger partial charge in [-0.1, -0.05) is 74.3 Å². The molecule has 0 atom stereocenters. The zero-order valence-electron chi connectivity index (χ0n) is 16.1. The second-order valence-electron chi connectivity index (χ2n) is 7.67. The van der Waals surface area contributed by atoms with Crippen LogP contribution in [-0.2, 0) is 21.4 Å². The Morgan fingerprint density at radius 1 is 1.07 bits per heavy atom. The lowest BCUT2D eigenvalue weighted by Gasteiger charge is -2.24. The van der Waals surface area contributed by atoms with Gasteiger partial charge >= 0.3 is 0 Å². The molecule has 1 N–H and O–H groups in total. The van der Waals surface area contributed by atoms with Crippen molar-refractivity contribution in [2.24, 2.45) is 5.41 Å². The largest absolute Gasteiger partial charge is 0.354 e. The van der Waals surface area contributed by atoms with Crippen molar-refractivity contribution in [1.82, 2.24) is 9.62 Å². The number of hydrogen-bond acceptors (Lipinski definition) is 3. The second kappa shape index (κ2) is 9.27. The van der Waals surface area contributed by atoms with Crippen LogP contribution in [0.3, 0.4) is 0 Å². The summed E-state index contributed by atoms with van der Waals surface area (Å²) < 4.78 is 27.6. The highest BCUT2D eigenvalue weighted by molar-refractivity contribution is 7.89. The molecule has 2 aromatic rings. The van der Waals surface area contributed by atoms with E-state index in [9.17, 15) is 13.2 Å². The van der Waals surface area contributed by atoms with E-state index < -0.39 is 10.0 Å². The molecule has 0 aliphatic heterocycles. The molecule has 0 heterocycles. The molecule has 0 fully saturated rings. The van der Waals surface area contributed by atoms with E-state index in [1.54, 1.807) is 12.1 Å². The lowest BCUT2D eigenvalue weighted by Crippen LogP contribution is -2.42. The fourth-order valence-corrected chi connectivity index (χ4v) is 4.53. The normalized spacial score (nSPS) is 12.2. The molecule has 0 saturated heterocycles. The Bertz CT molecular complexity index is 926. The quantitative estimate of drug-likeness (QED) is 0.692. The molecule has 0 radical (unpaired) electrons. The first kappa shape index (κ1) is 22.7. The summed E-state index contributed by atoms with van der Waals surface area (Å²) in [4.78, 5) is 12.3. The maximum atomic E-state index is 13.2. The Morgan fingerprint density at radius 3 is 2.32 bits per heavy atom. The van der Waals surface area contributed by atoms with Crippen LogP contribution in [0.1, 0.15) is 26.3 Å².